The molecule has 0 amide bonds. The normalized spacial score (nSPS) is 17.4. The minimum Gasteiger partial charge on any atom is -0.302 e. The van der Waals surface area contributed by atoms with Crippen molar-refractivity contribution in [3.63, 3.8) is 0 Å². The first-order chi connectivity index (χ1) is 8.77. The molecule has 102 valence electrons. The molecular weight excluding hydrogens is 218 g/mol. The molecule has 1 saturated carbocycles. The number of hydrogen-bond donors (Lipinski definition) is 0. The topological polar surface area (TPSA) is 3.24 Å². The van der Waals surface area contributed by atoms with Crippen molar-refractivity contribution in [2.24, 2.45) is 5.92 Å². The van der Waals surface area contributed by atoms with Gasteiger partial charge in [0.15, 0.2) is 0 Å². The van der Waals surface area contributed by atoms with E-state index in [1.54, 1.807) is 0 Å². The maximum Gasteiger partial charge on any atom is 0.0344 e. The van der Waals surface area contributed by atoms with Gasteiger partial charge in [-0.05, 0) is 32.0 Å². The highest BCUT2D eigenvalue weighted by Crippen LogP contribution is 2.34. The van der Waals surface area contributed by atoms with Crippen molar-refractivity contribution in [2.45, 2.75) is 52.0 Å². The van der Waals surface area contributed by atoms with Crippen LogP contribution in [0.15, 0.2) is 30.3 Å². The molecule has 18 heavy (non-hydrogen) atoms. The molecule has 1 fully saturated rings. The molecule has 0 saturated heterocycles. The lowest BCUT2D eigenvalue weighted by atomic mass is 9.93. The SMILES string of the molecule is CC.CN(C)C(CC1CCCC1)c1ccccc1. The smallest absolute Gasteiger partial charge is 0.0344 e. The summed E-state index contributed by atoms with van der Waals surface area (Å²) in [5.74, 6) is 0.951. The van der Waals surface area contributed by atoms with Crippen LogP contribution in [0.2, 0.25) is 0 Å². The Morgan fingerprint density at radius 1 is 1.06 bits per heavy atom. The van der Waals surface area contributed by atoms with Crippen molar-refractivity contribution < 1.29 is 0 Å². The summed E-state index contributed by atoms with van der Waals surface area (Å²) in [4.78, 5) is 2.37. The predicted molar refractivity (Wildman–Crippen MR) is 80.8 cm³/mol. The summed E-state index contributed by atoms with van der Waals surface area (Å²) in [5.41, 5.74) is 1.47. The molecule has 0 heterocycles. The third-order valence-corrected chi connectivity index (χ3v) is 3.84. The predicted octanol–water partition coefficient (Wildman–Crippen LogP) is 4.90. The van der Waals surface area contributed by atoms with Crippen molar-refractivity contribution in [1.29, 1.82) is 0 Å². The summed E-state index contributed by atoms with van der Waals surface area (Å²) in [5, 5.41) is 0. The molecule has 0 aliphatic heterocycles. The van der Waals surface area contributed by atoms with E-state index < -0.39 is 0 Å². The summed E-state index contributed by atoms with van der Waals surface area (Å²) >= 11 is 0. The van der Waals surface area contributed by atoms with Crippen molar-refractivity contribution in [3.05, 3.63) is 35.9 Å². The molecule has 2 rings (SSSR count). The van der Waals surface area contributed by atoms with Gasteiger partial charge in [-0.1, -0.05) is 69.9 Å². The zero-order valence-corrected chi connectivity index (χ0v) is 12.5. The fourth-order valence-corrected chi connectivity index (χ4v) is 2.88. The van der Waals surface area contributed by atoms with E-state index in [2.05, 4.69) is 49.3 Å². The minimum atomic E-state index is 0.601. The standard InChI is InChI=1S/C15H23N.C2H6/c1-16(2)15(12-13-8-6-7-9-13)14-10-4-3-5-11-14;1-2/h3-5,10-11,13,15H,6-9,12H2,1-2H3;1-2H3. The fraction of sp³-hybridized carbons (Fsp3) is 0.647. The molecule has 0 bridgehead atoms. The van der Waals surface area contributed by atoms with E-state index in [-0.39, 0.29) is 0 Å². The molecular formula is C17H29N. The number of rotatable bonds is 4. The lowest BCUT2D eigenvalue weighted by Crippen LogP contribution is -2.22. The molecule has 0 N–H and O–H groups in total. The third kappa shape index (κ3) is 4.45. The Morgan fingerprint density at radius 3 is 2.11 bits per heavy atom. The van der Waals surface area contributed by atoms with Gasteiger partial charge in [0, 0.05) is 6.04 Å². The zero-order chi connectivity index (χ0) is 13.4. The summed E-state index contributed by atoms with van der Waals surface area (Å²) in [6.45, 7) is 4.00. The molecule has 1 aromatic carbocycles. The number of nitrogens with zero attached hydrogens (tertiary/aromatic N) is 1. The van der Waals surface area contributed by atoms with Crippen LogP contribution in [0.25, 0.3) is 0 Å². The van der Waals surface area contributed by atoms with Crippen LogP contribution in [0.4, 0.5) is 0 Å². The van der Waals surface area contributed by atoms with Crippen LogP contribution in [0.3, 0.4) is 0 Å². The second-order valence-corrected chi connectivity index (χ2v) is 5.28. The average molecular weight is 247 g/mol. The first-order valence-electron chi connectivity index (χ1n) is 7.48. The first kappa shape index (κ1) is 15.2. The van der Waals surface area contributed by atoms with E-state index in [1.807, 2.05) is 13.8 Å². The fourth-order valence-electron chi connectivity index (χ4n) is 2.88. The van der Waals surface area contributed by atoms with Crippen LogP contribution in [-0.4, -0.2) is 19.0 Å². The van der Waals surface area contributed by atoms with Crippen molar-refractivity contribution >= 4 is 0 Å². The van der Waals surface area contributed by atoms with Gasteiger partial charge in [0.1, 0.15) is 0 Å². The molecule has 1 aliphatic rings. The van der Waals surface area contributed by atoms with E-state index in [0.717, 1.165) is 5.92 Å². The first-order valence-corrected chi connectivity index (χ1v) is 7.48. The maximum absolute atomic E-state index is 2.37. The van der Waals surface area contributed by atoms with Crippen LogP contribution in [0.5, 0.6) is 0 Å². The monoisotopic (exact) mass is 247 g/mol. The average Bonchev–Trinajstić information content (AvgIpc) is 2.92. The molecule has 1 aliphatic carbocycles. The lowest BCUT2D eigenvalue weighted by molar-refractivity contribution is 0.248. The summed E-state index contributed by atoms with van der Waals surface area (Å²) < 4.78 is 0. The maximum atomic E-state index is 2.37. The summed E-state index contributed by atoms with van der Waals surface area (Å²) in [7, 11) is 4.40. The van der Waals surface area contributed by atoms with E-state index >= 15 is 0 Å². The van der Waals surface area contributed by atoms with Gasteiger partial charge in [-0.25, -0.2) is 0 Å². The summed E-state index contributed by atoms with van der Waals surface area (Å²) in [6.07, 6.45) is 7.10. The van der Waals surface area contributed by atoms with Gasteiger partial charge in [0.2, 0.25) is 0 Å². The molecule has 0 spiro atoms. The second-order valence-electron chi connectivity index (χ2n) is 5.28. The Balaban J connectivity index is 0.000000771. The van der Waals surface area contributed by atoms with Gasteiger partial charge in [-0.3, -0.25) is 0 Å². The third-order valence-electron chi connectivity index (χ3n) is 3.84. The number of benzene rings is 1. The van der Waals surface area contributed by atoms with E-state index in [0.29, 0.717) is 6.04 Å². The van der Waals surface area contributed by atoms with E-state index in [9.17, 15) is 0 Å². The van der Waals surface area contributed by atoms with Gasteiger partial charge in [-0.15, -0.1) is 0 Å². The quantitative estimate of drug-likeness (QED) is 0.731. The largest absolute Gasteiger partial charge is 0.302 e. The van der Waals surface area contributed by atoms with Gasteiger partial charge in [0.25, 0.3) is 0 Å². The Hall–Kier alpha value is -0.820. The molecule has 1 unspecified atom stereocenters. The molecule has 1 heteroatoms. The lowest BCUT2D eigenvalue weighted by Gasteiger charge is -2.27. The van der Waals surface area contributed by atoms with Gasteiger partial charge < -0.3 is 4.90 Å². The Labute approximate surface area is 113 Å². The summed E-state index contributed by atoms with van der Waals surface area (Å²) in [6, 6.07) is 11.5. The second kappa shape index (κ2) is 8.31. The Bertz CT molecular complexity index is 299. The highest BCUT2D eigenvalue weighted by molar-refractivity contribution is 5.19. The van der Waals surface area contributed by atoms with Gasteiger partial charge >= 0.3 is 0 Å². The minimum absolute atomic E-state index is 0.601. The highest BCUT2D eigenvalue weighted by Gasteiger charge is 2.22. The van der Waals surface area contributed by atoms with Crippen molar-refractivity contribution in [3.8, 4) is 0 Å². The highest BCUT2D eigenvalue weighted by atomic mass is 15.1. The van der Waals surface area contributed by atoms with Gasteiger partial charge in [-0.2, -0.15) is 0 Å². The van der Waals surface area contributed by atoms with Crippen LogP contribution >= 0.6 is 0 Å². The zero-order valence-electron chi connectivity index (χ0n) is 12.5. The molecule has 0 aromatic heterocycles. The van der Waals surface area contributed by atoms with Crippen LogP contribution < -0.4 is 0 Å². The molecule has 0 radical (unpaired) electrons. The molecule has 1 nitrogen and oxygen atoms in total. The van der Waals surface area contributed by atoms with E-state index in [4.69, 9.17) is 0 Å². The van der Waals surface area contributed by atoms with Crippen molar-refractivity contribution in [1.82, 2.24) is 4.90 Å². The van der Waals surface area contributed by atoms with Crippen LogP contribution in [0, 0.1) is 5.92 Å². The van der Waals surface area contributed by atoms with E-state index in [1.165, 1.54) is 37.7 Å². The Morgan fingerprint density at radius 2 is 1.61 bits per heavy atom. The van der Waals surface area contributed by atoms with Crippen LogP contribution in [-0.2, 0) is 0 Å². The Kier molecular flexibility index (Phi) is 7.04. The molecule has 1 atom stereocenters. The van der Waals surface area contributed by atoms with Crippen molar-refractivity contribution in [2.75, 3.05) is 14.1 Å². The van der Waals surface area contributed by atoms with Crippen LogP contribution in [0.1, 0.15) is 57.6 Å². The number of hydrogen-bond acceptors (Lipinski definition) is 1. The molecule has 1 aromatic rings. The van der Waals surface area contributed by atoms with Gasteiger partial charge in [0.05, 0.1) is 0 Å².